The quantitative estimate of drug-likeness (QED) is 0.434. The molecule has 0 unspecified atom stereocenters. The molecule has 0 aliphatic rings. The van der Waals surface area contributed by atoms with Gasteiger partial charge in [0, 0.05) is 12.1 Å². The van der Waals surface area contributed by atoms with E-state index >= 15 is 0 Å². The third-order valence-corrected chi connectivity index (χ3v) is 4.78. The van der Waals surface area contributed by atoms with Crippen LogP contribution in [0.5, 0.6) is 0 Å². The van der Waals surface area contributed by atoms with Crippen molar-refractivity contribution < 1.29 is 22.9 Å². The van der Waals surface area contributed by atoms with E-state index in [9.17, 15) is 23.3 Å². The molecule has 0 saturated heterocycles. The first-order valence-corrected chi connectivity index (χ1v) is 9.45. The lowest BCUT2D eigenvalue weighted by Crippen LogP contribution is -2.15. The predicted octanol–water partition coefficient (Wildman–Crippen LogP) is 3.37. The molecular weight excluding hydrogens is 384 g/mol. The van der Waals surface area contributed by atoms with Gasteiger partial charge in [0.15, 0.2) is 0 Å². The second-order valence-corrected chi connectivity index (χ2v) is 7.33. The van der Waals surface area contributed by atoms with E-state index in [1.165, 1.54) is 42.5 Å². The molecular formula is C16H15ClN2O6S. The normalized spacial score (nSPS) is 11.0. The number of anilines is 1. The molecule has 0 aliphatic heterocycles. The lowest BCUT2D eigenvalue weighted by atomic mass is 10.2. The highest BCUT2D eigenvalue weighted by molar-refractivity contribution is 7.91. The van der Waals surface area contributed by atoms with Crippen LogP contribution in [0.1, 0.15) is 22.8 Å². The van der Waals surface area contributed by atoms with Crippen molar-refractivity contribution in [3.8, 4) is 0 Å². The fourth-order valence-electron chi connectivity index (χ4n) is 2.12. The number of nitro benzene ring substituents is 1. The Morgan fingerprint density at radius 2 is 2.00 bits per heavy atom. The van der Waals surface area contributed by atoms with E-state index < -0.39 is 26.7 Å². The Morgan fingerprint density at radius 3 is 2.62 bits per heavy atom. The van der Waals surface area contributed by atoms with Crippen LogP contribution in [0.25, 0.3) is 0 Å². The molecule has 10 heteroatoms. The highest BCUT2D eigenvalue weighted by atomic mass is 35.5. The summed E-state index contributed by atoms with van der Waals surface area (Å²) >= 11 is 6.03. The minimum Gasteiger partial charge on any atom is -0.462 e. The van der Waals surface area contributed by atoms with Crippen LogP contribution < -0.4 is 4.72 Å². The molecule has 0 spiro atoms. The maximum Gasteiger partial charge on any atom is 0.338 e. The molecule has 26 heavy (non-hydrogen) atoms. The van der Waals surface area contributed by atoms with Crippen molar-refractivity contribution in [1.82, 2.24) is 0 Å². The Bertz CT molecular complexity index is 946. The smallest absolute Gasteiger partial charge is 0.338 e. The number of benzene rings is 2. The largest absolute Gasteiger partial charge is 0.462 e. The SMILES string of the molecule is CCOC(=O)c1ccc(NS(=O)(=O)Cc2cccc([N+](=O)[O-])c2)c(Cl)c1. The summed E-state index contributed by atoms with van der Waals surface area (Å²) in [6.07, 6.45) is 0. The Balaban J connectivity index is 2.17. The van der Waals surface area contributed by atoms with Crippen LogP contribution in [0.15, 0.2) is 42.5 Å². The van der Waals surface area contributed by atoms with Gasteiger partial charge in [0.1, 0.15) is 0 Å². The number of sulfonamides is 1. The maximum absolute atomic E-state index is 12.3. The molecule has 0 saturated carbocycles. The van der Waals surface area contributed by atoms with Gasteiger partial charge in [0.2, 0.25) is 10.0 Å². The van der Waals surface area contributed by atoms with Crippen LogP contribution in [-0.2, 0) is 20.5 Å². The topological polar surface area (TPSA) is 116 Å². The van der Waals surface area contributed by atoms with Gasteiger partial charge < -0.3 is 4.74 Å². The standard InChI is InChI=1S/C16H15ClN2O6S/c1-2-25-16(20)12-6-7-15(14(17)9-12)18-26(23,24)10-11-4-3-5-13(8-11)19(21)22/h3-9,18H,2,10H2,1H3. The maximum atomic E-state index is 12.3. The number of halogens is 1. The van der Waals surface area contributed by atoms with Crippen molar-refractivity contribution in [2.75, 3.05) is 11.3 Å². The lowest BCUT2D eigenvalue weighted by molar-refractivity contribution is -0.384. The number of carbonyl (C=O) groups excluding carboxylic acids is 1. The molecule has 0 aliphatic carbocycles. The fraction of sp³-hybridized carbons (Fsp3) is 0.188. The molecule has 0 bridgehead atoms. The molecule has 2 aromatic rings. The minimum absolute atomic E-state index is 0.0261. The summed E-state index contributed by atoms with van der Waals surface area (Å²) in [5.74, 6) is -1.04. The van der Waals surface area contributed by atoms with Crippen LogP contribution >= 0.6 is 11.6 Å². The van der Waals surface area contributed by atoms with Gasteiger partial charge in [0.25, 0.3) is 5.69 Å². The van der Waals surface area contributed by atoms with Gasteiger partial charge in [-0.15, -0.1) is 0 Å². The third-order valence-electron chi connectivity index (χ3n) is 3.22. The summed E-state index contributed by atoms with van der Waals surface area (Å²) in [7, 11) is -3.87. The number of non-ortho nitro benzene ring substituents is 1. The summed E-state index contributed by atoms with van der Waals surface area (Å²) in [4.78, 5) is 21.8. The van der Waals surface area contributed by atoms with Crippen LogP contribution in [0.3, 0.4) is 0 Å². The third kappa shape index (κ3) is 5.17. The molecule has 0 amide bonds. The van der Waals surface area contributed by atoms with Gasteiger partial charge in [-0.25, -0.2) is 13.2 Å². The first kappa shape index (κ1) is 19.7. The van der Waals surface area contributed by atoms with Gasteiger partial charge in [0.05, 0.1) is 33.6 Å². The fourth-order valence-corrected chi connectivity index (χ4v) is 3.61. The Labute approximate surface area is 154 Å². The first-order chi connectivity index (χ1) is 12.2. The second kappa shape index (κ2) is 8.15. The minimum atomic E-state index is -3.87. The molecule has 2 rings (SSSR count). The Morgan fingerprint density at radius 1 is 1.27 bits per heavy atom. The highest BCUT2D eigenvalue weighted by Gasteiger charge is 2.17. The van der Waals surface area contributed by atoms with Crippen molar-refractivity contribution in [3.63, 3.8) is 0 Å². The van der Waals surface area contributed by atoms with E-state index in [1.807, 2.05) is 0 Å². The van der Waals surface area contributed by atoms with Crippen molar-refractivity contribution in [1.29, 1.82) is 0 Å². The number of nitrogens with one attached hydrogen (secondary N) is 1. The van der Waals surface area contributed by atoms with E-state index in [4.69, 9.17) is 16.3 Å². The summed E-state index contributed by atoms with van der Waals surface area (Å²) in [6, 6.07) is 9.36. The van der Waals surface area contributed by atoms with Gasteiger partial charge in [-0.1, -0.05) is 23.7 Å². The highest BCUT2D eigenvalue weighted by Crippen LogP contribution is 2.25. The molecule has 0 aromatic heterocycles. The van der Waals surface area contributed by atoms with Crippen molar-refractivity contribution in [3.05, 3.63) is 68.7 Å². The Kier molecular flexibility index (Phi) is 6.17. The van der Waals surface area contributed by atoms with Crippen molar-refractivity contribution in [2.24, 2.45) is 0 Å². The average molecular weight is 399 g/mol. The molecule has 0 radical (unpaired) electrons. The zero-order valence-corrected chi connectivity index (χ0v) is 15.2. The zero-order chi connectivity index (χ0) is 19.3. The number of hydrogen-bond acceptors (Lipinski definition) is 6. The summed E-state index contributed by atoms with van der Waals surface area (Å²) in [5, 5.41) is 10.8. The van der Waals surface area contributed by atoms with E-state index in [2.05, 4.69) is 4.72 Å². The van der Waals surface area contributed by atoms with E-state index in [0.29, 0.717) is 0 Å². The predicted molar refractivity (Wildman–Crippen MR) is 96.8 cm³/mol. The molecule has 0 atom stereocenters. The first-order valence-electron chi connectivity index (χ1n) is 7.42. The van der Waals surface area contributed by atoms with Crippen LogP contribution in [-0.4, -0.2) is 25.9 Å². The van der Waals surface area contributed by atoms with Crippen LogP contribution in [0.4, 0.5) is 11.4 Å². The summed E-state index contributed by atoms with van der Waals surface area (Å²) < 4.78 is 31.7. The number of nitro groups is 1. The van der Waals surface area contributed by atoms with E-state index in [1.54, 1.807) is 6.92 Å². The number of esters is 1. The Hall–Kier alpha value is -2.65. The number of carbonyl (C=O) groups is 1. The molecule has 1 N–H and O–H groups in total. The molecule has 2 aromatic carbocycles. The van der Waals surface area contributed by atoms with E-state index in [-0.39, 0.29) is 34.1 Å². The lowest BCUT2D eigenvalue weighted by Gasteiger charge is -2.11. The van der Waals surface area contributed by atoms with Crippen molar-refractivity contribution in [2.45, 2.75) is 12.7 Å². The average Bonchev–Trinajstić information content (AvgIpc) is 2.56. The van der Waals surface area contributed by atoms with Gasteiger partial charge in [-0.3, -0.25) is 14.8 Å². The molecule has 8 nitrogen and oxygen atoms in total. The van der Waals surface area contributed by atoms with Gasteiger partial charge >= 0.3 is 5.97 Å². The summed E-state index contributed by atoms with van der Waals surface area (Å²) in [6.45, 7) is 1.87. The number of nitrogens with zero attached hydrogens (tertiary/aromatic N) is 1. The van der Waals surface area contributed by atoms with Crippen LogP contribution in [0, 0.1) is 10.1 Å². The number of ether oxygens (including phenoxy) is 1. The van der Waals surface area contributed by atoms with Gasteiger partial charge in [-0.05, 0) is 30.7 Å². The number of hydrogen-bond donors (Lipinski definition) is 1. The monoisotopic (exact) mass is 398 g/mol. The van der Waals surface area contributed by atoms with E-state index in [0.717, 1.165) is 0 Å². The van der Waals surface area contributed by atoms with Gasteiger partial charge in [-0.2, -0.15) is 0 Å². The van der Waals surface area contributed by atoms with Crippen LogP contribution in [0.2, 0.25) is 5.02 Å². The second-order valence-electron chi connectivity index (χ2n) is 5.20. The summed E-state index contributed by atoms with van der Waals surface area (Å²) in [5.41, 5.74) is 0.337. The molecule has 0 fully saturated rings. The molecule has 0 heterocycles. The van der Waals surface area contributed by atoms with Crippen molar-refractivity contribution >= 4 is 39.0 Å². The zero-order valence-electron chi connectivity index (χ0n) is 13.6. The molecule has 138 valence electrons. The number of rotatable bonds is 7.